The van der Waals surface area contributed by atoms with Gasteiger partial charge in [-0.2, -0.15) is 0 Å². The fourth-order valence-corrected chi connectivity index (χ4v) is 3.04. The van der Waals surface area contributed by atoms with Crippen LogP contribution < -0.4 is 0 Å². The van der Waals surface area contributed by atoms with Gasteiger partial charge in [-0.15, -0.1) is 11.3 Å². The molecule has 2 rings (SSSR count). The van der Waals surface area contributed by atoms with Gasteiger partial charge in [-0.3, -0.25) is 0 Å². The molecule has 72 valence electrons. The van der Waals surface area contributed by atoms with Gasteiger partial charge in [-0.05, 0) is 47.8 Å². The zero-order valence-corrected chi connectivity index (χ0v) is 10.2. The summed E-state index contributed by atoms with van der Waals surface area (Å²) in [7, 11) is 2.21. The van der Waals surface area contributed by atoms with Crippen molar-refractivity contribution in [3.8, 4) is 0 Å². The first kappa shape index (κ1) is 9.69. The molecular formula is C10H14BrNS. The van der Waals surface area contributed by atoms with E-state index in [9.17, 15) is 0 Å². The number of rotatable bonds is 4. The van der Waals surface area contributed by atoms with Crippen molar-refractivity contribution in [3.63, 3.8) is 0 Å². The lowest BCUT2D eigenvalue weighted by atomic mass is 10.3. The van der Waals surface area contributed by atoms with Gasteiger partial charge in [0.2, 0.25) is 0 Å². The molecule has 1 fully saturated rings. The van der Waals surface area contributed by atoms with Gasteiger partial charge in [0.05, 0.1) is 0 Å². The second kappa shape index (κ2) is 4.11. The zero-order valence-electron chi connectivity index (χ0n) is 7.79. The summed E-state index contributed by atoms with van der Waals surface area (Å²) in [5.41, 5.74) is 0. The normalized spacial score (nSPS) is 16.8. The molecule has 0 bridgehead atoms. The summed E-state index contributed by atoms with van der Waals surface area (Å²) in [6, 6.07) is 2.22. The molecule has 0 aromatic carbocycles. The Morgan fingerprint density at radius 3 is 2.92 bits per heavy atom. The van der Waals surface area contributed by atoms with Gasteiger partial charge in [0, 0.05) is 27.8 Å². The molecule has 0 unspecified atom stereocenters. The van der Waals surface area contributed by atoms with Crippen LogP contribution in [-0.4, -0.2) is 18.5 Å². The molecule has 0 radical (unpaired) electrons. The zero-order chi connectivity index (χ0) is 9.26. The van der Waals surface area contributed by atoms with Crippen molar-refractivity contribution in [2.75, 3.05) is 13.6 Å². The third-order valence-electron chi connectivity index (χ3n) is 2.31. The quantitative estimate of drug-likeness (QED) is 0.802. The topological polar surface area (TPSA) is 3.24 Å². The summed E-state index contributed by atoms with van der Waals surface area (Å²) >= 11 is 5.31. The standard InChI is InChI=1S/C10H14BrNS/c1-12(5-8-2-3-8)6-10-4-9(11)7-13-10/h4,7-8H,2-3,5-6H2,1H3. The Morgan fingerprint density at radius 2 is 2.38 bits per heavy atom. The molecule has 0 atom stereocenters. The maximum Gasteiger partial charge on any atom is 0.0325 e. The maximum atomic E-state index is 3.48. The lowest BCUT2D eigenvalue weighted by Crippen LogP contribution is -2.19. The monoisotopic (exact) mass is 259 g/mol. The molecule has 1 nitrogen and oxygen atoms in total. The van der Waals surface area contributed by atoms with Crippen molar-refractivity contribution in [1.82, 2.24) is 4.90 Å². The van der Waals surface area contributed by atoms with Crippen molar-refractivity contribution in [2.45, 2.75) is 19.4 Å². The lowest BCUT2D eigenvalue weighted by molar-refractivity contribution is 0.316. The average molecular weight is 260 g/mol. The first-order valence-electron chi connectivity index (χ1n) is 4.65. The molecule has 1 heterocycles. The molecule has 1 aliphatic carbocycles. The lowest BCUT2D eigenvalue weighted by Gasteiger charge is -2.14. The summed E-state index contributed by atoms with van der Waals surface area (Å²) in [5, 5.41) is 2.15. The van der Waals surface area contributed by atoms with Crippen LogP contribution in [0.4, 0.5) is 0 Å². The SMILES string of the molecule is CN(Cc1cc(Br)cs1)CC1CC1. The van der Waals surface area contributed by atoms with E-state index in [1.165, 1.54) is 28.7 Å². The maximum absolute atomic E-state index is 3.48. The van der Waals surface area contributed by atoms with E-state index in [-0.39, 0.29) is 0 Å². The van der Waals surface area contributed by atoms with Gasteiger partial charge < -0.3 is 4.90 Å². The molecule has 0 amide bonds. The van der Waals surface area contributed by atoms with E-state index in [0.717, 1.165) is 12.5 Å². The van der Waals surface area contributed by atoms with E-state index in [1.807, 2.05) is 11.3 Å². The second-order valence-electron chi connectivity index (χ2n) is 3.87. The number of hydrogen-bond acceptors (Lipinski definition) is 2. The Labute approximate surface area is 91.9 Å². The van der Waals surface area contributed by atoms with Gasteiger partial charge in [-0.1, -0.05) is 0 Å². The third-order valence-corrected chi connectivity index (χ3v) is 4.00. The van der Waals surface area contributed by atoms with E-state index >= 15 is 0 Å². The minimum absolute atomic E-state index is 0.994. The molecule has 1 aromatic rings. The first-order valence-corrected chi connectivity index (χ1v) is 6.33. The van der Waals surface area contributed by atoms with Gasteiger partial charge >= 0.3 is 0 Å². The molecule has 13 heavy (non-hydrogen) atoms. The summed E-state index contributed by atoms with van der Waals surface area (Å²) in [5.74, 6) is 0.994. The summed E-state index contributed by atoms with van der Waals surface area (Å²) in [6.07, 6.45) is 2.89. The highest BCUT2D eigenvalue weighted by Crippen LogP contribution is 2.30. The molecule has 3 heteroatoms. The van der Waals surface area contributed by atoms with Crippen LogP contribution in [0.25, 0.3) is 0 Å². The minimum atomic E-state index is 0.994. The molecule has 0 spiro atoms. The number of thiophene rings is 1. The van der Waals surface area contributed by atoms with Crippen molar-refractivity contribution in [3.05, 3.63) is 20.8 Å². The van der Waals surface area contributed by atoms with E-state index in [1.54, 1.807) is 0 Å². The number of nitrogens with zero attached hydrogens (tertiary/aromatic N) is 1. The van der Waals surface area contributed by atoms with Crippen LogP contribution in [0.5, 0.6) is 0 Å². The Balaban J connectivity index is 1.82. The predicted molar refractivity (Wildman–Crippen MR) is 61.1 cm³/mol. The van der Waals surface area contributed by atoms with E-state index in [4.69, 9.17) is 0 Å². The molecule has 0 aliphatic heterocycles. The van der Waals surface area contributed by atoms with Gasteiger partial charge in [0.15, 0.2) is 0 Å². The highest BCUT2D eigenvalue weighted by Gasteiger charge is 2.22. The summed E-state index contributed by atoms with van der Waals surface area (Å²) in [4.78, 5) is 3.88. The van der Waals surface area contributed by atoms with Crippen LogP contribution in [0.1, 0.15) is 17.7 Å². The summed E-state index contributed by atoms with van der Waals surface area (Å²) in [6.45, 7) is 2.38. The second-order valence-corrected chi connectivity index (χ2v) is 5.78. The Kier molecular flexibility index (Phi) is 3.06. The van der Waals surface area contributed by atoms with Gasteiger partial charge in [0.25, 0.3) is 0 Å². The Hall–Kier alpha value is 0.140. The highest BCUT2D eigenvalue weighted by molar-refractivity contribution is 9.10. The predicted octanol–water partition coefficient (Wildman–Crippen LogP) is 3.35. The van der Waals surface area contributed by atoms with Gasteiger partial charge in [-0.25, -0.2) is 0 Å². The molecule has 1 saturated carbocycles. The largest absolute Gasteiger partial charge is 0.301 e. The minimum Gasteiger partial charge on any atom is -0.301 e. The van der Waals surface area contributed by atoms with Crippen molar-refractivity contribution >= 4 is 27.3 Å². The van der Waals surface area contributed by atoms with Crippen molar-refractivity contribution in [2.24, 2.45) is 5.92 Å². The van der Waals surface area contributed by atoms with Crippen LogP contribution in [-0.2, 0) is 6.54 Å². The van der Waals surface area contributed by atoms with Crippen LogP contribution in [0.3, 0.4) is 0 Å². The van der Waals surface area contributed by atoms with Crippen LogP contribution in [0, 0.1) is 5.92 Å². The van der Waals surface area contributed by atoms with Crippen molar-refractivity contribution in [1.29, 1.82) is 0 Å². The van der Waals surface area contributed by atoms with Gasteiger partial charge in [0.1, 0.15) is 0 Å². The van der Waals surface area contributed by atoms with Crippen LogP contribution in [0.15, 0.2) is 15.9 Å². The molecule has 1 aliphatic rings. The van der Waals surface area contributed by atoms with E-state index in [2.05, 4.69) is 39.3 Å². The fourth-order valence-electron chi connectivity index (χ4n) is 1.51. The number of hydrogen-bond donors (Lipinski definition) is 0. The van der Waals surface area contributed by atoms with Crippen LogP contribution >= 0.6 is 27.3 Å². The fraction of sp³-hybridized carbons (Fsp3) is 0.600. The molecule has 0 N–H and O–H groups in total. The highest BCUT2D eigenvalue weighted by atomic mass is 79.9. The third kappa shape index (κ3) is 3.08. The Bertz CT molecular complexity index is 280. The number of halogens is 1. The first-order chi connectivity index (χ1) is 6.24. The molecule has 1 aromatic heterocycles. The molecule has 0 saturated heterocycles. The summed E-state index contributed by atoms with van der Waals surface area (Å²) < 4.78 is 1.22. The van der Waals surface area contributed by atoms with Crippen LogP contribution in [0.2, 0.25) is 0 Å². The molecular weight excluding hydrogens is 246 g/mol. The smallest absolute Gasteiger partial charge is 0.0325 e. The van der Waals surface area contributed by atoms with Crippen molar-refractivity contribution < 1.29 is 0 Å². The average Bonchev–Trinajstić information content (AvgIpc) is 2.76. The Morgan fingerprint density at radius 1 is 1.62 bits per heavy atom. The van der Waals surface area contributed by atoms with E-state index < -0.39 is 0 Å². The van der Waals surface area contributed by atoms with E-state index in [0.29, 0.717) is 0 Å².